The van der Waals surface area contributed by atoms with Gasteiger partial charge in [-0.3, -0.25) is 10.1 Å². The van der Waals surface area contributed by atoms with Crippen molar-refractivity contribution in [3.8, 4) is 0 Å². The van der Waals surface area contributed by atoms with Crippen molar-refractivity contribution in [1.82, 2.24) is 5.32 Å². The van der Waals surface area contributed by atoms with Crippen LogP contribution in [0.15, 0.2) is 11.4 Å². The lowest BCUT2D eigenvalue weighted by atomic mass is 9.92. The van der Waals surface area contributed by atoms with Gasteiger partial charge in [0.25, 0.3) is 0 Å². The molecule has 2 rings (SSSR count). The van der Waals surface area contributed by atoms with E-state index in [9.17, 15) is 10.1 Å². The zero-order valence-electron chi connectivity index (χ0n) is 10.2. The van der Waals surface area contributed by atoms with Crippen LogP contribution in [0.3, 0.4) is 0 Å². The molecule has 1 aliphatic rings. The zero-order valence-corrected chi connectivity index (χ0v) is 11.0. The highest BCUT2D eigenvalue weighted by Crippen LogP contribution is 2.51. The fraction of sp³-hybridized carbons (Fsp3) is 0.667. The van der Waals surface area contributed by atoms with Crippen LogP contribution >= 0.6 is 11.3 Å². The second kappa shape index (κ2) is 4.74. The van der Waals surface area contributed by atoms with Gasteiger partial charge in [0.15, 0.2) is 0 Å². The van der Waals surface area contributed by atoms with Crippen LogP contribution in [0.5, 0.6) is 0 Å². The molecular weight excluding hydrogens is 236 g/mol. The highest BCUT2D eigenvalue weighted by molar-refractivity contribution is 7.13. The fourth-order valence-corrected chi connectivity index (χ4v) is 2.85. The molecule has 0 amide bonds. The van der Waals surface area contributed by atoms with Crippen molar-refractivity contribution < 1.29 is 4.92 Å². The topological polar surface area (TPSA) is 55.2 Å². The molecule has 17 heavy (non-hydrogen) atoms. The summed E-state index contributed by atoms with van der Waals surface area (Å²) in [5, 5.41) is 16.1. The molecule has 0 radical (unpaired) electrons. The summed E-state index contributed by atoms with van der Waals surface area (Å²) in [7, 11) is 0. The molecule has 1 saturated carbocycles. The van der Waals surface area contributed by atoms with Gasteiger partial charge in [0, 0.05) is 24.5 Å². The minimum atomic E-state index is -0.329. The molecule has 1 aromatic heterocycles. The number of hydrogen-bond donors (Lipinski definition) is 1. The third-order valence-electron chi connectivity index (χ3n) is 3.74. The first-order chi connectivity index (χ1) is 8.03. The predicted molar refractivity (Wildman–Crippen MR) is 69.2 cm³/mol. The molecule has 0 unspecified atom stereocenters. The smallest absolute Gasteiger partial charge is 0.312 e. The average molecular weight is 254 g/mol. The highest BCUT2D eigenvalue weighted by atomic mass is 32.1. The molecule has 1 aliphatic carbocycles. The second-order valence-corrected chi connectivity index (χ2v) is 6.06. The van der Waals surface area contributed by atoms with Gasteiger partial charge in [0.1, 0.15) is 0 Å². The van der Waals surface area contributed by atoms with Gasteiger partial charge in [-0.25, -0.2) is 0 Å². The molecule has 1 heterocycles. The zero-order chi connectivity index (χ0) is 12.5. The molecule has 5 heteroatoms. The molecular formula is C12H18N2O2S. The minimum Gasteiger partial charge on any atom is -0.312 e. The van der Waals surface area contributed by atoms with Crippen LogP contribution in [0, 0.1) is 21.4 Å². The Labute approximate surface area is 105 Å². The van der Waals surface area contributed by atoms with Crippen molar-refractivity contribution >= 4 is 16.3 Å². The molecule has 0 bridgehead atoms. The van der Waals surface area contributed by atoms with Gasteiger partial charge >= 0.3 is 5.00 Å². The summed E-state index contributed by atoms with van der Waals surface area (Å²) < 4.78 is 0. The Kier molecular flexibility index (Phi) is 3.49. The van der Waals surface area contributed by atoms with Crippen LogP contribution in [0.2, 0.25) is 0 Å². The molecule has 1 N–H and O–H groups in total. The van der Waals surface area contributed by atoms with Crippen LogP contribution in [-0.2, 0) is 6.54 Å². The maximum atomic E-state index is 10.5. The number of nitrogens with zero attached hydrogens (tertiary/aromatic N) is 1. The van der Waals surface area contributed by atoms with Gasteiger partial charge in [-0.15, -0.1) is 0 Å². The lowest BCUT2D eigenvalue weighted by Gasteiger charge is -2.19. The molecule has 1 aromatic rings. The maximum Gasteiger partial charge on any atom is 0.324 e. The van der Waals surface area contributed by atoms with Gasteiger partial charge in [-0.2, -0.15) is 0 Å². The maximum absolute atomic E-state index is 10.5. The normalized spacial score (nSPS) is 17.4. The molecule has 0 spiro atoms. The van der Waals surface area contributed by atoms with Gasteiger partial charge in [-0.1, -0.05) is 25.2 Å². The summed E-state index contributed by atoms with van der Waals surface area (Å²) in [6, 6.07) is 1.66. The van der Waals surface area contributed by atoms with Crippen LogP contribution in [0.25, 0.3) is 0 Å². The van der Waals surface area contributed by atoms with Crippen molar-refractivity contribution in [1.29, 1.82) is 0 Å². The fourth-order valence-electron chi connectivity index (χ4n) is 2.13. The van der Waals surface area contributed by atoms with Crippen LogP contribution in [0.1, 0.15) is 32.3 Å². The minimum absolute atomic E-state index is 0.229. The lowest BCUT2D eigenvalue weighted by molar-refractivity contribution is -0.380. The molecule has 1 fully saturated rings. The van der Waals surface area contributed by atoms with Crippen molar-refractivity contribution in [2.75, 3.05) is 6.54 Å². The van der Waals surface area contributed by atoms with Gasteiger partial charge in [0.2, 0.25) is 0 Å². The number of rotatable bonds is 6. The standard InChI is InChI=1S/C12H18N2O2S/c1-9(2)12(3-4-12)8-13-6-10-5-11(14(15)16)17-7-10/h5,7,9,13H,3-4,6,8H2,1-2H3. The SMILES string of the molecule is CC(C)C1(CNCc2csc([N+](=O)[O-])c2)CC1. The number of nitrogens with one attached hydrogen (secondary N) is 1. The lowest BCUT2D eigenvalue weighted by Crippen LogP contribution is -2.27. The second-order valence-electron chi connectivity index (χ2n) is 5.17. The molecule has 94 valence electrons. The first-order valence-corrected chi connectivity index (χ1v) is 6.84. The van der Waals surface area contributed by atoms with E-state index in [1.165, 1.54) is 24.2 Å². The average Bonchev–Trinajstić information content (AvgIpc) is 2.89. The first-order valence-electron chi connectivity index (χ1n) is 5.96. The van der Waals surface area contributed by atoms with E-state index in [-0.39, 0.29) is 9.92 Å². The highest BCUT2D eigenvalue weighted by Gasteiger charge is 2.44. The molecule has 4 nitrogen and oxygen atoms in total. The summed E-state index contributed by atoms with van der Waals surface area (Å²) in [4.78, 5) is 10.2. The van der Waals surface area contributed by atoms with Gasteiger partial charge in [-0.05, 0) is 29.7 Å². The number of hydrogen-bond acceptors (Lipinski definition) is 4. The summed E-state index contributed by atoms with van der Waals surface area (Å²) in [6.07, 6.45) is 2.61. The van der Waals surface area contributed by atoms with E-state index in [1.54, 1.807) is 6.07 Å². The Balaban J connectivity index is 1.80. The number of thiophene rings is 1. The third-order valence-corrected chi connectivity index (χ3v) is 4.67. The van der Waals surface area contributed by atoms with Crippen molar-refractivity contribution in [2.24, 2.45) is 11.3 Å². The van der Waals surface area contributed by atoms with Crippen molar-refractivity contribution in [2.45, 2.75) is 33.2 Å². The Morgan fingerprint density at radius 2 is 2.29 bits per heavy atom. The van der Waals surface area contributed by atoms with Gasteiger partial charge in [0.05, 0.1) is 4.92 Å². The van der Waals surface area contributed by atoms with E-state index in [4.69, 9.17) is 0 Å². The third kappa shape index (κ3) is 2.84. The summed E-state index contributed by atoms with van der Waals surface area (Å²) in [6.45, 7) is 6.29. The number of nitro groups is 1. The first kappa shape index (κ1) is 12.5. The monoisotopic (exact) mass is 254 g/mol. The van der Waals surface area contributed by atoms with Crippen LogP contribution in [-0.4, -0.2) is 11.5 Å². The van der Waals surface area contributed by atoms with Gasteiger partial charge < -0.3 is 5.32 Å². The summed E-state index contributed by atoms with van der Waals surface area (Å²) >= 11 is 1.20. The van der Waals surface area contributed by atoms with Crippen molar-refractivity contribution in [3.63, 3.8) is 0 Å². The van der Waals surface area contributed by atoms with E-state index >= 15 is 0 Å². The largest absolute Gasteiger partial charge is 0.324 e. The quantitative estimate of drug-likeness (QED) is 0.626. The van der Waals surface area contributed by atoms with Crippen LogP contribution < -0.4 is 5.32 Å². The van der Waals surface area contributed by atoms with Crippen molar-refractivity contribution in [3.05, 3.63) is 27.1 Å². The van der Waals surface area contributed by atoms with E-state index < -0.39 is 0 Å². The Morgan fingerprint density at radius 1 is 1.59 bits per heavy atom. The van der Waals surface area contributed by atoms with E-state index in [2.05, 4.69) is 19.2 Å². The molecule has 0 atom stereocenters. The van der Waals surface area contributed by atoms with Crippen LogP contribution in [0.4, 0.5) is 5.00 Å². The van der Waals surface area contributed by atoms with E-state index in [1.807, 2.05) is 5.38 Å². The predicted octanol–water partition coefficient (Wildman–Crippen LogP) is 3.18. The molecule has 0 saturated heterocycles. The van der Waals surface area contributed by atoms with E-state index in [0.717, 1.165) is 18.7 Å². The Hall–Kier alpha value is -0.940. The Bertz CT molecular complexity index is 410. The molecule has 0 aliphatic heterocycles. The van der Waals surface area contributed by atoms with E-state index in [0.29, 0.717) is 11.3 Å². The molecule has 0 aromatic carbocycles. The summed E-state index contributed by atoms with van der Waals surface area (Å²) in [5.41, 5.74) is 1.50. The Morgan fingerprint density at radius 3 is 2.76 bits per heavy atom. The summed E-state index contributed by atoms with van der Waals surface area (Å²) in [5.74, 6) is 0.715.